The van der Waals surface area contributed by atoms with Gasteiger partial charge in [-0.05, 0) is 87.6 Å². The fourth-order valence-electron chi connectivity index (χ4n) is 4.30. The number of ether oxygens (including phenoxy) is 1. The van der Waals surface area contributed by atoms with E-state index in [-0.39, 0.29) is 34.4 Å². The summed E-state index contributed by atoms with van der Waals surface area (Å²) in [5.41, 5.74) is 0.612. The number of hydrogen-bond acceptors (Lipinski definition) is 5. The molecule has 2 aromatic rings. The number of Topliss-reactive ketones (excluding diaryl/α,β-unsaturated/α-hetero) is 2. The number of ketones is 2. The van der Waals surface area contributed by atoms with Gasteiger partial charge >= 0.3 is 0 Å². The smallest absolute Gasteiger partial charge is 0.183 e. The van der Waals surface area contributed by atoms with Gasteiger partial charge in [-0.2, -0.15) is 0 Å². The molecule has 1 saturated carbocycles. The lowest BCUT2D eigenvalue weighted by Gasteiger charge is -2.29. The molecular formula is C26H25FO5. The van der Waals surface area contributed by atoms with Crippen molar-refractivity contribution in [2.75, 3.05) is 0 Å². The maximum absolute atomic E-state index is 13.2. The number of carbonyl (C=O) groups excluding carboxylic acids is 2. The van der Waals surface area contributed by atoms with Crippen LogP contribution in [0.3, 0.4) is 0 Å². The number of aliphatic hydroxyl groups is 2. The van der Waals surface area contributed by atoms with E-state index in [1.165, 1.54) is 19.1 Å². The van der Waals surface area contributed by atoms with Crippen LogP contribution in [0.25, 0.3) is 0 Å². The molecule has 0 amide bonds. The van der Waals surface area contributed by atoms with E-state index in [2.05, 4.69) is 0 Å². The van der Waals surface area contributed by atoms with Crippen LogP contribution in [0, 0.1) is 24.1 Å². The Morgan fingerprint density at radius 3 is 2.31 bits per heavy atom. The molecule has 0 aliphatic heterocycles. The molecular weight excluding hydrogens is 411 g/mol. The summed E-state index contributed by atoms with van der Waals surface area (Å²) in [5, 5.41) is 20.7. The number of hydrogen-bond donors (Lipinski definition) is 2. The lowest BCUT2D eigenvalue weighted by molar-refractivity contribution is -0.127. The van der Waals surface area contributed by atoms with E-state index >= 15 is 0 Å². The minimum atomic E-state index is -1.25. The summed E-state index contributed by atoms with van der Waals surface area (Å²) in [5.74, 6) is -1.26. The van der Waals surface area contributed by atoms with Gasteiger partial charge in [0.25, 0.3) is 0 Å². The molecule has 2 atom stereocenters. The average molecular weight is 436 g/mol. The van der Waals surface area contributed by atoms with Crippen LogP contribution >= 0.6 is 0 Å². The van der Waals surface area contributed by atoms with Crippen LogP contribution in [0.1, 0.15) is 44.2 Å². The fourth-order valence-corrected chi connectivity index (χ4v) is 4.30. The Balaban J connectivity index is 1.54. The van der Waals surface area contributed by atoms with Crippen molar-refractivity contribution in [2.45, 2.75) is 40.0 Å². The quantitative estimate of drug-likeness (QED) is 0.574. The topological polar surface area (TPSA) is 83.8 Å². The third kappa shape index (κ3) is 3.60. The Morgan fingerprint density at radius 1 is 1.06 bits per heavy atom. The molecule has 6 heteroatoms. The van der Waals surface area contributed by atoms with Crippen LogP contribution in [0.2, 0.25) is 0 Å². The zero-order valence-corrected chi connectivity index (χ0v) is 18.4. The van der Waals surface area contributed by atoms with E-state index < -0.39 is 22.9 Å². The van der Waals surface area contributed by atoms with E-state index in [0.29, 0.717) is 17.9 Å². The number of halogens is 1. The number of aliphatic hydroxyl groups excluding tert-OH is 2. The van der Waals surface area contributed by atoms with Gasteiger partial charge in [-0.3, -0.25) is 9.59 Å². The largest absolute Gasteiger partial charge is 0.511 e. The number of allylic oxidation sites excluding steroid dienone is 3. The van der Waals surface area contributed by atoms with E-state index in [4.69, 9.17) is 4.74 Å². The molecule has 2 aliphatic carbocycles. The lowest BCUT2D eigenvalue weighted by atomic mass is 9.74. The molecule has 0 radical (unpaired) electrons. The van der Waals surface area contributed by atoms with Crippen molar-refractivity contribution in [3.8, 4) is 11.5 Å². The first-order valence-electron chi connectivity index (χ1n) is 10.5. The van der Waals surface area contributed by atoms with Gasteiger partial charge in [0.05, 0.1) is 5.41 Å². The summed E-state index contributed by atoms with van der Waals surface area (Å²) >= 11 is 0. The molecule has 166 valence electrons. The molecule has 2 aromatic carbocycles. The lowest BCUT2D eigenvalue weighted by Crippen LogP contribution is -2.36. The van der Waals surface area contributed by atoms with Gasteiger partial charge in [0, 0.05) is 11.5 Å². The van der Waals surface area contributed by atoms with E-state index in [9.17, 15) is 24.2 Å². The minimum absolute atomic E-state index is 0.0570. The van der Waals surface area contributed by atoms with Gasteiger partial charge in [0.2, 0.25) is 0 Å². The number of aryl methyl sites for hydroxylation is 1. The van der Waals surface area contributed by atoms with Gasteiger partial charge in [-0.25, -0.2) is 4.39 Å². The number of rotatable bonds is 5. The molecule has 2 aliphatic rings. The SMILES string of the molecule is CC1=C(O)C(C)(C)C(=O)C(C(=O)C2CC2c2ccc(Oc3ccc(F)cc3)cc2C)=C1O. The first-order chi connectivity index (χ1) is 15.0. The van der Waals surface area contributed by atoms with E-state index in [1.54, 1.807) is 32.0 Å². The van der Waals surface area contributed by atoms with Crippen LogP contribution in [-0.4, -0.2) is 21.8 Å². The maximum Gasteiger partial charge on any atom is 0.183 e. The van der Waals surface area contributed by atoms with Crippen LogP contribution < -0.4 is 4.74 Å². The second-order valence-corrected chi connectivity index (χ2v) is 9.04. The Labute approximate surface area is 185 Å². The van der Waals surface area contributed by atoms with Crippen molar-refractivity contribution < 1.29 is 28.9 Å². The predicted molar refractivity (Wildman–Crippen MR) is 117 cm³/mol. The molecule has 1 fully saturated rings. The standard InChI is InChI=1S/C26H25FO5/c1-13-11-17(32-16-7-5-15(27)6-8-16)9-10-18(13)19-12-20(19)23(29)21-22(28)14(2)24(30)26(3,4)25(21)31/h5-11,19-20,28,30H,12H2,1-4H3. The van der Waals surface area contributed by atoms with Crippen LogP contribution in [0.5, 0.6) is 11.5 Å². The molecule has 0 aromatic heterocycles. The first-order valence-corrected chi connectivity index (χ1v) is 10.5. The van der Waals surface area contributed by atoms with Gasteiger partial charge < -0.3 is 14.9 Å². The van der Waals surface area contributed by atoms with Gasteiger partial charge in [-0.15, -0.1) is 0 Å². The van der Waals surface area contributed by atoms with Gasteiger partial charge in [0.15, 0.2) is 11.6 Å². The Bertz CT molecular complexity index is 1190. The highest BCUT2D eigenvalue weighted by Gasteiger charge is 2.51. The third-order valence-corrected chi connectivity index (χ3v) is 6.40. The normalized spacial score (nSPS) is 22.2. The predicted octanol–water partition coefficient (Wildman–Crippen LogP) is 5.85. The Kier molecular flexibility index (Phi) is 5.19. The minimum Gasteiger partial charge on any atom is -0.511 e. The fraction of sp³-hybridized carbons (Fsp3) is 0.308. The highest BCUT2D eigenvalue weighted by molar-refractivity contribution is 6.25. The van der Waals surface area contributed by atoms with E-state index in [0.717, 1.165) is 11.1 Å². The van der Waals surface area contributed by atoms with Crippen molar-refractivity contribution in [1.82, 2.24) is 0 Å². The highest BCUT2D eigenvalue weighted by Crippen LogP contribution is 2.52. The second-order valence-electron chi connectivity index (χ2n) is 9.04. The molecule has 0 heterocycles. The van der Waals surface area contributed by atoms with E-state index in [1.807, 2.05) is 19.1 Å². The van der Waals surface area contributed by atoms with Crippen LogP contribution in [0.15, 0.2) is 65.1 Å². The summed E-state index contributed by atoms with van der Waals surface area (Å²) in [7, 11) is 0. The maximum atomic E-state index is 13.2. The van der Waals surface area contributed by atoms with Gasteiger partial charge in [0.1, 0.15) is 34.4 Å². The number of benzene rings is 2. The summed E-state index contributed by atoms with van der Waals surface area (Å²) in [6.45, 7) is 6.51. The zero-order chi connectivity index (χ0) is 23.4. The molecule has 32 heavy (non-hydrogen) atoms. The third-order valence-electron chi connectivity index (χ3n) is 6.40. The summed E-state index contributed by atoms with van der Waals surface area (Å²) in [6.07, 6.45) is 0.580. The molecule has 5 nitrogen and oxygen atoms in total. The zero-order valence-electron chi connectivity index (χ0n) is 18.4. The Hall–Kier alpha value is -3.41. The molecule has 0 bridgehead atoms. The molecule has 0 spiro atoms. The second kappa shape index (κ2) is 7.62. The monoisotopic (exact) mass is 436 g/mol. The van der Waals surface area contributed by atoms with Crippen molar-refractivity contribution in [2.24, 2.45) is 11.3 Å². The van der Waals surface area contributed by atoms with Crippen LogP contribution in [-0.2, 0) is 9.59 Å². The molecule has 2 N–H and O–H groups in total. The molecule has 0 saturated heterocycles. The first kappa shape index (κ1) is 21.8. The summed E-state index contributed by atoms with van der Waals surface area (Å²) in [4.78, 5) is 26.0. The number of carbonyl (C=O) groups is 2. The average Bonchev–Trinajstić information content (AvgIpc) is 3.54. The molecule has 2 unspecified atom stereocenters. The van der Waals surface area contributed by atoms with Crippen LogP contribution in [0.4, 0.5) is 4.39 Å². The van der Waals surface area contributed by atoms with Crippen molar-refractivity contribution in [3.63, 3.8) is 0 Å². The molecule has 4 rings (SSSR count). The van der Waals surface area contributed by atoms with Crippen molar-refractivity contribution in [1.29, 1.82) is 0 Å². The van der Waals surface area contributed by atoms with Crippen molar-refractivity contribution >= 4 is 11.6 Å². The highest BCUT2D eigenvalue weighted by atomic mass is 19.1. The Morgan fingerprint density at radius 2 is 1.69 bits per heavy atom. The summed E-state index contributed by atoms with van der Waals surface area (Å²) < 4.78 is 18.8. The summed E-state index contributed by atoms with van der Waals surface area (Å²) in [6, 6.07) is 11.3. The van der Waals surface area contributed by atoms with Crippen molar-refractivity contribution in [3.05, 3.63) is 82.1 Å². The van der Waals surface area contributed by atoms with Gasteiger partial charge in [-0.1, -0.05) is 6.07 Å².